The Morgan fingerprint density at radius 1 is 1.41 bits per heavy atom. The first-order valence-electron chi connectivity index (χ1n) is 5.91. The second kappa shape index (κ2) is 5.14. The van der Waals surface area contributed by atoms with Crippen molar-refractivity contribution >= 4 is 11.4 Å². The predicted molar refractivity (Wildman–Crippen MR) is 67.2 cm³/mol. The van der Waals surface area contributed by atoms with Gasteiger partial charge in [0, 0.05) is 29.9 Å². The van der Waals surface area contributed by atoms with Crippen molar-refractivity contribution in [3.8, 4) is 0 Å². The van der Waals surface area contributed by atoms with Gasteiger partial charge in [-0.2, -0.15) is 0 Å². The molecule has 5 heteroatoms. The lowest BCUT2D eigenvalue weighted by molar-refractivity contribution is -0.384. The van der Waals surface area contributed by atoms with Crippen molar-refractivity contribution in [1.29, 1.82) is 0 Å². The van der Waals surface area contributed by atoms with E-state index >= 15 is 0 Å². The van der Waals surface area contributed by atoms with Gasteiger partial charge in [-0.3, -0.25) is 10.1 Å². The zero-order chi connectivity index (χ0) is 12.3. The molecule has 0 aliphatic carbocycles. The van der Waals surface area contributed by atoms with Crippen LogP contribution in [0.4, 0.5) is 11.4 Å². The van der Waals surface area contributed by atoms with Crippen molar-refractivity contribution < 1.29 is 4.92 Å². The fourth-order valence-corrected chi connectivity index (χ4v) is 2.13. The van der Waals surface area contributed by atoms with E-state index in [-0.39, 0.29) is 10.6 Å². The number of nitro benzene ring substituents is 1. The zero-order valence-corrected chi connectivity index (χ0v) is 9.85. The van der Waals surface area contributed by atoms with Gasteiger partial charge in [-0.1, -0.05) is 0 Å². The third-order valence-electron chi connectivity index (χ3n) is 3.19. The molecule has 0 spiro atoms. The molecule has 2 unspecified atom stereocenters. The van der Waals surface area contributed by atoms with E-state index in [0.717, 1.165) is 25.1 Å². The van der Waals surface area contributed by atoms with Gasteiger partial charge in [-0.15, -0.1) is 0 Å². The summed E-state index contributed by atoms with van der Waals surface area (Å²) in [6, 6.07) is 7.41. The number of rotatable bonds is 3. The Kier molecular flexibility index (Phi) is 3.58. The number of hydrogen-bond acceptors (Lipinski definition) is 4. The number of hydrogen-bond donors (Lipinski definition) is 2. The molecule has 1 aliphatic heterocycles. The van der Waals surface area contributed by atoms with Crippen molar-refractivity contribution in [3.05, 3.63) is 34.4 Å². The molecule has 1 aromatic carbocycles. The summed E-state index contributed by atoms with van der Waals surface area (Å²) in [6.45, 7) is 3.22. The molecule has 17 heavy (non-hydrogen) atoms. The monoisotopic (exact) mass is 235 g/mol. The molecule has 0 amide bonds. The van der Waals surface area contributed by atoms with Crippen LogP contribution < -0.4 is 10.6 Å². The minimum absolute atomic E-state index is 0.130. The van der Waals surface area contributed by atoms with Gasteiger partial charge in [0.05, 0.1) is 4.92 Å². The van der Waals surface area contributed by atoms with E-state index in [2.05, 4.69) is 17.6 Å². The third-order valence-corrected chi connectivity index (χ3v) is 3.19. The summed E-state index contributed by atoms with van der Waals surface area (Å²) in [5, 5.41) is 17.4. The molecular weight excluding hydrogens is 218 g/mol. The summed E-state index contributed by atoms with van der Waals surface area (Å²) in [4.78, 5) is 10.1. The number of anilines is 1. The van der Waals surface area contributed by atoms with Crippen molar-refractivity contribution in [3.63, 3.8) is 0 Å². The SMILES string of the molecule is CC1NCCCC1Nc1ccc([N+](=O)[O-])cc1. The molecule has 5 nitrogen and oxygen atoms in total. The van der Waals surface area contributed by atoms with E-state index < -0.39 is 0 Å². The lowest BCUT2D eigenvalue weighted by Gasteiger charge is -2.31. The Labute approximate surface area is 100 Å². The summed E-state index contributed by atoms with van der Waals surface area (Å²) in [5.41, 5.74) is 1.07. The summed E-state index contributed by atoms with van der Waals surface area (Å²) < 4.78 is 0. The smallest absolute Gasteiger partial charge is 0.269 e. The van der Waals surface area contributed by atoms with Crippen molar-refractivity contribution in [2.24, 2.45) is 0 Å². The zero-order valence-electron chi connectivity index (χ0n) is 9.85. The van der Waals surface area contributed by atoms with Gasteiger partial charge in [-0.25, -0.2) is 0 Å². The van der Waals surface area contributed by atoms with Crippen LogP contribution in [0.1, 0.15) is 19.8 Å². The first-order chi connectivity index (χ1) is 8.16. The van der Waals surface area contributed by atoms with Crippen LogP contribution in [0, 0.1) is 10.1 Å². The quantitative estimate of drug-likeness (QED) is 0.622. The van der Waals surface area contributed by atoms with E-state index in [0.29, 0.717) is 12.1 Å². The first-order valence-corrected chi connectivity index (χ1v) is 5.91. The molecule has 0 bridgehead atoms. The van der Waals surface area contributed by atoms with Crippen LogP contribution in [0.2, 0.25) is 0 Å². The molecule has 0 aromatic heterocycles. The largest absolute Gasteiger partial charge is 0.381 e. The highest BCUT2D eigenvalue weighted by molar-refractivity contribution is 5.49. The highest BCUT2D eigenvalue weighted by atomic mass is 16.6. The van der Waals surface area contributed by atoms with Crippen LogP contribution in [0.3, 0.4) is 0 Å². The Bertz CT molecular complexity index is 391. The van der Waals surface area contributed by atoms with Gasteiger partial charge in [-0.05, 0) is 38.4 Å². The van der Waals surface area contributed by atoms with Crippen molar-refractivity contribution in [2.45, 2.75) is 31.8 Å². The number of piperidine rings is 1. The third kappa shape index (κ3) is 2.94. The van der Waals surface area contributed by atoms with Crippen LogP contribution >= 0.6 is 0 Å². The van der Waals surface area contributed by atoms with Gasteiger partial charge >= 0.3 is 0 Å². The molecular formula is C12H17N3O2. The van der Waals surface area contributed by atoms with Crippen molar-refractivity contribution in [1.82, 2.24) is 5.32 Å². The lowest BCUT2D eigenvalue weighted by Crippen LogP contribution is -2.46. The fourth-order valence-electron chi connectivity index (χ4n) is 2.13. The Balaban J connectivity index is 2.00. The Morgan fingerprint density at radius 3 is 2.71 bits per heavy atom. The highest BCUT2D eigenvalue weighted by Gasteiger charge is 2.20. The maximum Gasteiger partial charge on any atom is 0.269 e. The normalized spacial score (nSPS) is 24.3. The summed E-state index contributed by atoms with van der Waals surface area (Å²) in [6.07, 6.45) is 2.29. The second-order valence-corrected chi connectivity index (χ2v) is 4.44. The predicted octanol–water partition coefficient (Wildman–Crippen LogP) is 2.15. The lowest BCUT2D eigenvalue weighted by atomic mass is 9.99. The van der Waals surface area contributed by atoms with E-state index in [1.54, 1.807) is 12.1 Å². The summed E-state index contributed by atoms with van der Waals surface area (Å²) in [7, 11) is 0. The maximum absolute atomic E-state index is 10.5. The first kappa shape index (κ1) is 11.9. The number of nitrogens with zero attached hydrogens (tertiary/aromatic N) is 1. The molecule has 0 radical (unpaired) electrons. The van der Waals surface area contributed by atoms with Gasteiger partial charge in [0.1, 0.15) is 0 Å². The molecule has 2 rings (SSSR count). The second-order valence-electron chi connectivity index (χ2n) is 4.44. The van der Waals surface area contributed by atoms with Crippen LogP contribution in [0.25, 0.3) is 0 Å². The standard InChI is InChI=1S/C12H17N3O2/c1-9-12(3-2-8-13-9)14-10-4-6-11(7-5-10)15(16)17/h4-7,9,12-14H,2-3,8H2,1H3. The van der Waals surface area contributed by atoms with Crippen LogP contribution in [0.15, 0.2) is 24.3 Å². The average Bonchev–Trinajstić information content (AvgIpc) is 2.33. The molecule has 2 N–H and O–H groups in total. The van der Waals surface area contributed by atoms with E-state index in [4.69, 9.17) is 0 Å². The van der Waals surface area contributed by atoms with Gasteiger partial charge in [0.2, 0.25) is 0 Å². The topological polar surface area (TPSA) is 67.2 Å². The molecule has 1 aliphatic rings. The molecule has 1 aromatic rings. The molecule has 1 fully saturated rings. The van der Waals surface area contributed by atoms with Crippen LogP contribution in [0.5, 0.6) is 0 Å². The molecule has 1 heterocycles. The molecule has 2 atom stereocenters. The number of nitrogens with one attached hydrogen (secondary N) is 2. The summed E-state index contributed by atoms with van der Waals surface area (Å²) >= 11 is 0. The van der Waals surface area contributed by atoms with Gasteiger partial charge < -0.3 is 10.6 Å². The van der Waals surface area contributed by atoms with Crippen LogP contribution in [-0.2, 0) is 0 Å². The number of non-ortho nitro benzene ring substituents is 1. The van der Waals surface area contributed by atoms with Crippen LogP contribution in [-0.4, -0.2) is 23.6 Å². The van der Waals surface area contributed by atoms with E-state index in [9.17, 15) is 10.1 Å². The average molecular weight is 235 g/mol. The van der Waals surface area contributed by atoms with Crippen molar-refractivity contribution in [2.75, 3.05) is 11.9 Å². The van der Waals surface area contributed by atoms with Gasteiger partial charge in [0.25, 0.3) is 5.69 Å². The minimum atomic E-state index is -0.380. The Hall–Kier alpha value is -1.62. The number of benzene rings is 1. The Morgan fingerprint density at radius 2 is 2.12 bits per heavy atom. The van der Waals surface area contributed by atoms with E-state index in [1.807, 2.05) is 0 Å². The number of nitro groups is 1. The molecule has 1 saturated heterocycles. The highest BCUT2D eigenvalue weighted by Crippen LogP contribution is 2.19. The molecule has 0 saturated carbocycles. The minimum Gasteiger partial charge on any atom is -0.381 e. The molecule has 92 valence electrons. The summed E-state index contributed by atoms with van der Waals surface area (Å²) in [5.74, 6) is 0. The maximum atomic E-state index is 10.5. The van der Waals surface area contributed by atoms with E-state index in [1.165, 1.54) is 12.1 Å². The fraction of sp³-hybridized carbons (Fsp3) is 0.500. The van der Waals surface area contributed by atoms with Gasteiger partial charge in [0.15, 0.2) is 0 Å².